The molecule has 0 atom stereocenters. The molecule has 0 aliphatic carbocycles. The maximum Gasteiger partial charge on any atom is 0.435 e. The van der Waals surface area contributed by atoms with E-state index in [2.05, 4.69) is 14.8 Å². The van der Waals surface area contributed by atoms with Crippen molar-refractivity contribution in [1.82, 2.24) is 24.2 Å². The molecule has 0 radical (unpaired) electrons. The molecule has 1 aliphatic heterocycles. The standard InChI is InChI=1S/C27H26F3N5O3/c1-26(2,3)38-25(37)34-11-10-21-19(15-34)18-6-5-17(14-22(18)33(21)4)35-12-9-16(13-24(35)36)20-7-8-23(32-31-20)27(28,29)30/h5-9,12-14H,10-11,15H2,1-4H3. The quantitative estimate of drug-likeness (QED) is 0.364. The molecule has 0 unspecified atom stereocenters. The third kappa shape index (κ3) is 4.75. The van der Waals surface area contributed by atoms with Gasteiger partial charge in [-0.05, 0) is 51.1 Å². The van der Waals surface area contributed by atoms with Crippen molar-refractivity contribution in [2.45, 2.75) is 45.5 Å². The highest BCUT2D eigenvalue weighted by atomic mass is 19.4. The molecule has 4 aromatic rings. The average Bonchev–Trinajstić information content (AvgIpc) is 3.13. The fourth-order valence-corrected chi connectivity index (χ4v) is 4.68. The molecule has 8 nitrogen and oxygen atoms in total. The third-order valence-electron chi connectivity index (χ3n) is 6.49. The number of benzene rings is 1. The van der Waals surface area contributed by atoms with Crippen LogP contribution in [-0.2, 0) is 30.9 Å². The van der Waals surface area contributed by atoms with Crippen LogP contribution in [0.25, 0.3) is 27.8 Å². The minimum Gasteiger partial charge on any atom is -0.444 e. The summed E-state index contributed by atoms with van der Waals surface area (Å²) >= 11 is 0. The Hall–Kier alpha value is -4.15. The first kappa shape index (κ1) is 25.5. The van der Waals surface area contributed by atoms with Gasteiger partial charge in [-0.3, -0.25) is 9.36 Å². The van der Waals surface area contributed by atoms with E-state index >= 15 is 0 Å². The van der Waals surface area contributed by atoms with Gasteiger partial charge in [0, 0.05) is 54.5 Å². The highest BCUT2D eigenvalue weighted by Crippen LogP contribution is 2.32. The fourth-order valence-electron chi connectivity index (χ4n) is 4.68. The van der Waals surface area contributed by atoms with Gasteiger partial charge in [-0.1, -0.05) is 6.07 Å². The number of amides is 1. The van der Waals surface area contributed by atoms with Crippen LogP contribution in [0.2, 0.25) is 0 Å². The Morgan fingerprint density at radius 3 is 2.42 bits per heavy atom. The Labute approximate surface area is 216 Å². The number of carbonyl (C=O) groups excluding carboxylic acids is 1. The predicted molar refractivity (Wildman–Crippen MR) is 135 cm³/mol. The lowest BCUT2D eigenvalue weighted by Gasteiger charge is -2.30. The zero-order valence-electron chi connectivity index (χ0n) is 21.3. The highest BCUT2D eigenvalue weighted by Gasteiger charge is 2.33. The van der Waals surface area contributed by atoms with Gasteiger partial charge in [-0.25, -0.2) is 4.79 Å². The van der Waals surface area contributed by atoms with Gasteiger partial charge >= 0.3 is 12.3 Å². The summed E-state index contributed by atoms with van der Waals surface area (Å²) in [6, 6.07) is 10.6. The lowest BCUT2D eigenvalue weighted by Crippen LogP contribution is -2.40. The smallest absolute Gasteiger partial charge is 0.435 e. The highest BCUT2D eigenvalue weighted by molar-refractivity contribution is 5.88. The number of aryl methyl sites for hydroxylation is 1. The molecule has 3 aromatic heterocycles. The van der Waals surface area contributed by atoms with E-state index in [1.165, 1.54) is 16.7 Å². The Morgan fingerprint density at radius 2 is 1.79 bits per heavy atom. The van der Waals surface area contributed by atoms with Crippen LogP contribution >= 0.6 is 0 Å². The number of pyridine rings is 1. The van der Waals surface area contributed by atoms with Crippen molar-refractivity contribution in [2.24, 2.45) is 7.05 Å². The first-order valence-electron chi connectivity index (χ1n) is 12.0. The molecule has 4 heterocycles. The van der Waals surface area contributed by atoms with E-state index in [4.69, 9.17) is 4.74 Å². The summed E-state index contributed by atoms with van der Waals surface area (Å²) in [4.78, 5) is 27.3. The average molecular weight is 526 g/mol. The minimum atomic E-state index is -4.59. The molecule has 0 spiro atoms. The number of alkyl halides is 3. The molecular weight excluding hydrogens is 499 g/mol. The van der Waals surface area contributed by atoms with Crippen molar-refractivity contribution in [3.63, 3.8) is 0 Å². The number of aromatic nitrogens is 4. The fraction of sp³-hybridized carbons (Fsp3) is 0.333. The van der Waals surface area contributed by atoms with Crippen LogP contribution in [0.5, 0.6) is 0 Å². The maximum absolute atomic E-state index is 13.0. The van der Waals surface area contributed by atoms with Crippen molar-refractivity contribution in [3.8, 4) is 16.9 Å². The van der Waals surface area contributed by atoms with Gasteiger partial charge in [0.25, 0.3) is 5.56 Å². The summed E-state index contributed by atoms with van der Waals surface area (Å²) in [6.45, 7) is 6.50. The molecule has 1 aromatic carbocycles. The van der Waals surface area contributed by atoms with Crippen LogP contribution in [-0.4, -0.2) is 42.5 Å². The molecule has 11 heteroatoms. The SMILES string of the molecule is Cn1c2c(c3ccc(-n4ccc(-c5ccc(C(F)(F)F)nn5)cc4=O)cc31)CN(C(=O)OC(C)(C)C)CC2. The van der Waals surface area contributed by atoms with Crippen molar-refractivity contribution >= 4 is 17.0 Å². The minimum absolute atomic E-state index is 0.169. The van der Waals surface area contributed by atoms with E-state index in [9.17, 15) is 22.8 Å². The molecule has 0 N–H and O–H groups in total. The van der Waals surface area contributed by atoms with E-state index in [1.54, 1.807) is 17.2 Å². The van der Waals surface area contributed by atoms with E-state index in [0.717, 1.165) is 28.2 Å². The topological polar surface area (TPSA) is 82.3 Å². The van der Waals surface area contributed by atoms with Crippen LogP contribution in [0.1, 0.15) is 37.7 Å². The Kier molecular flexibility index (Phi) is 6.04. The van der Waals surface area contributed by atoms with E-state index < -0.39 is 17.5 Å². The van der Waals surface area contributed by atoms with Crippen LogP contribution in [0.15, 0.2) is 53.5 Å². The maximum atomic E-state index is 13.0. The first-order valence-corrected chi connectivity index (χ1v) is 12.0. The lowest BCUT2D eigenvalue weighted by atomic mass is 10.0. The second-order valence-electron chi connectivity index (χ2n) is 10.3. The molecule has 0 fully saturated rings. The summed E-state index contributed by atoms with van der Waals surface area (Å²) in [7, 11) is 1.96. The molecule has 38 heavy (non-hydrogen) atoms. The zero-order chi connectivity index (χ0) is 27.4. The second kappa shape index (κ2) is 9.00. The summed E-state index contributed by atoms with van der Waals surface area (Å²) in [5, 5.41) is 7.84. The van der Waals surface area contributed by atoms with Crippen molar-refractivity contribution in [2.75, 3.05) is 6.54 Å². The number of hydrogen-bond acceptors (Lipinski definition) is 5. The normalized spacial score (nSPS) is 14.0. The van der Waals surface area contributed by atoms with Crippen molar-refractivity contribution in [3.05, 3.63) is 76.0 Å². The number of hydrogen-bond donors (Lipinski definition) is 0. The van der Waals surface area contributed by atoms with E-state index in [0.29, 0.717) is 30.8 Å². The number of ether oxygens (including phenoxy) is 1. The molecule has 5 rings (SSSR count). The molecule has 0 bridgehead atoms. The van der Waals surface area contributed by atoms with E-state index in [-0.39, 0.29) is 17.3 Å². The summed E-state index contributed by atoms with van der Waals surface area (Å²) in [5.74, 6) is 0. The number of carbonyl (C=O) groups is 1. The molecule has 198 valence electrons. The monoisotopic (exact) mass is 525 g/mol. The van der Waals surface area contributed by atoms with Crippen LogP contribution < -0.4 is 5.56 Å². The third-order valence-corrected chi connectivity index (χ3v) is 6.49. The number of rotatable bonds is 2. The van der Waals surface area contributed by atoms with Crippen molar-refractivity contribution < 1.29 is 22.7 Å². The Bertz CT molecular complexity index is 1600. The Balaban J connectivity index is 1.44. The van der Waals surface area contributed by atoms with Gasteiger partial charge in [0.1, 0.15) is 5.60 Å². The predicted octanol–water partition coefficient (Wildman–Crippen LogP) is 5.10. The van der Waals surface area contributed by atoms with Gasteiger partial charge in [-0.2, -0.15) is 13.2 Å². The molecule has 1 amide bonds. The molecule has 1 aliphatic rings. The van der Waals surface area contributed by atoms with Gasteiger partial charge < -0.3 is 14.2 Å². The van der Waals surface area contributed by atoms with Gasteiger partial charge in [0.15, 0.2) is 5.69 Å². The number of fused-ring (bicyclic) bond motifs is 3. The van der Waals surface area contributed by atoms with Crippen LogP contribution in [0, 0.1) is 0 Å². The number of halogens is 3. The van der Waals surface area contributed by atoms with Crippen LogP contribution in [0.4, 0.5) is 18.0 Å². The van der Waals surface area contributed by atoms with Gasteiger partial charge in [0.05, 0.1) is 23.4 Å². The summed E-state index contributed by atoms with van der Waals surface area (Å²) < 4.78 is 47.4. The van der Waals surface area contributed by atoms with Gasteiger partial charge in [0.2, 0.25) is 0 Å². The van der Waals surface area contributed by atoms with Crippen molar-refractivity contribution in [1.29, 1.82) is 0 Å². The molecule has 0 saturated heterocycles. The summed E-state index contributed by atoms with van der Waals surface area (Å²) in [5.41, 5.74) is 2.23. The lowest BCUT2D eigenvalue weighted by molar-refractivity contribution is -0.141. The second-order valence-corrected chi connectivity index (χ2v) is 10.3. The molecular formula is C27H26F3N5O3. The Morgan fingerprint density at radius 1 is 1.03 bits per heavy atom. The zero-order valence-corrected chi connectivity index (χ0v) is 21.3. The van der Waals surface area contributed by atoms with Crippen LogP contribution in [0.3, 0.4) is 0 Å². The van der Waals surface area contributed by atoms with E-state index in [1.807, 2.05) is 46.0 Å². The number of nitrogens with zero attached hydrogens (tertiary/aromatic N) is 5. The largest absolute Gasteiger partial charge is 0.444 e. The molecule has 0 saturated carbocycles. The summed E-state index contributed by atoms with van der Waals surface area (Å²) in [6.07, 6.45) is -2.69. The van der Waals surface area contributed by atoms with Gasteiger partial charge in [-0.15, -0.1) is 10.2 Å². The first-order chi connectivity index (χ1) is 17.8.